The first-order valence-corrected chi connectivity index (χ1v) is 8.56. The lowest BCUT2D eigenvalue weighted by Crippen LogP contribution is -2.06. The lowest BCUT2D eigenvalue weighted by Gasteiger charge is -2.12. The van der Waals surface area contributed by atoms with Crippen LogP contribution in [0.15, 0.2) is 36.5 Å². The second-order valence-corrected chi connectivity index (χ2v) is 6.80. The number of anilines is 1. The van der Waals surface area contributed by atoms with Gasteiger partial charge in [0, 0.05) is 25.0 Å². The molecule has 1 aliphatic rings. The van der Waals surface area contributed by atoms with Gasteiger partial charge in [0.1, 0.15) is 5.82 Å². The average molecular weight is 323 g/mol. The van der Waals surface area contributed by atoms with Crippen LogP contribution in [-0.4, -0.2) is 9.55 Å². The Kier molecular flexibility index (Phi) is 3.75. The van der Waals surface area contributed by atoms with Gasteiger partial charge in [-0.2, -0.15) is 0 Å². The van der Waals surface area contributed by atoms with Gasteiger partial charge in [0.05, 0.1) is 16.7 Å². The molecule has 3 aromatic rings. The molecule has 0 spiro atoms. The van der Waals surface area contributed by atoms with E-state index in [0.717, 1.165) is 29.2 Å². The minimum atomic E-state index is -0.199. The molecule has 1 aliphatic carbocycles. The Hall–Kier alpha value is -2.36. The molecule has 4 rings (SSSR count). The van der Waals surface area contributed by atoms with Crippen molar-refractivity contribution in [3.05, 3.63) is 59.2 Å². The quantitative estimate of drug-likeness (QED) is 0.730. The maximum atomic E-state index is 13.1. The normalized spacial score (nSPS) is 14.3. The molecule has 24 heavy (non-hydrogen) atoms. The van der Waals surface area contributed by atoms with Gasteiger partial charge >= 0.3 is 0 Å². The summed E-state index contributed by atoms with van der Waals surface area (Å²) < 4.78 is 15.5. The molecule has 0 bridgehead atoms. The van der Waals surface area contributed by atoms with Gasteiger partial charge in [0.25, 0.3) is 0 Å². The van der Waals surface area contributed by atoms with Gasteiger partial charge in [-0.05, 0) is 61.9 Å². The van der Waals surface area contributed by atoms with Crippen molar-refractivity contribution in [1.29, 1.82) is 0 Å². The molecule has 0 saturated heterocycles. The van der Waals surface area contributed by atoms with Gasteiger partial charge < -0.3 is 9.88 Å². The second-order valence-electron chi connectivity index (χ2n) is 6.80. The number of aromatic nitrogens is 2. The Bertz CT molecular complexity index is 876. The molecule has 124 valence electrons. The summed E-state index contributed by atoms with van der Waals surface area (Å²) in [6, 6.07) is 8.68. The van der Waals surface area contributed by atoms with Crippen molar-refractivity contribution >= 4 is 16.7 Å². The van der Waals surface area contributed by atoms with Crippen LogP contribution in [0.25, 0.3) is 11.0 Å². The van der Waals surface area contributed by atoms with E-state index in [-0.39, 0.29) is 5.82 Å². The van der Waals surface area contributed by atoms with E-state index in [1.165, 1.54) is 41.7 Å². The van der Waals surface area contributed by atoms with Crippen LogP contribution >= 0.6 is 0 Å². The maximum absolute atomic E-state index is 13.1. The van der Waals surface area contributed by atoms with E-state index < -0.39 is 0 Å². The van der Waals surface area contributed by atoms with Gasteiger partial charge in [0.2, 0.25) is 0 Å². The zero-order valence-electron chi connectivity index (χ0n) is 14.1. The highest BCUT2D eigenvalue weighted by Crippen LogP contribution is 2.36. The van der Waals surface area contributed by atoms with Crippen molar-refractivity contribution in [3.8, 4) is 0 Å². The topological polar surface area (TPSA) is 29.9 Å². The Morgan fingerprint density at radius 1 is 1.17 bits per heavy atom. The van der Waals surface area contributed by atoms with E-state index in [4.69, 9.17) is 0 Å². The van der Waals surface area contributed by atoms with Crippen molar-refractivity contribution < 1.29 is 4.39 Å². The van der Waals surface area contributed by atoms with Gasteiger partial charge in [-0.15, -0.1) is 0 Å². The smallest absolute Gasteiger partial charge is 0.123 e. The minimum absolute atomic E-state index is 0.199. The molecule has 0 radical (unpaired) electrons. The number of nitrogens with zero attached hydrogens (tertiary/aromatic N) is 2. The molecular weight excluding hydrogens is 301 g/mol. The zero-order valence-corrected chi connectivity index (χ0v) is 14.1. The molecule has 2 aromatic heterocycles. The molecule has 1 aromatic carbocycles. The highest BCUT2D eigenvalue weighted by atomic mass is 19.1. The Morgan fingerprint density at radius 3 is 2.62 bits per heavy atom. The van der Waals surface area contributed by atoms with E-state index in [1.54, 1.807) is 0 Å². The minimum Gasteiger partial charge on any atom is -0.379 e. The van der Waals surface area contributed by atoms with Crippen LogP contribution in [-0.2, 0) is 13.1 Å². The van der Waals surface area contributed by atoms with Crippen molar-refractivity contribution in [2.24, 2.45) is 5.92 Å². The molecule has 4 heteroatoms. The summed E-state index contributed by atoms with van der Waals surface area (Å²) in [6.07, 6.45) is 4.52. The summed E-state index contributed by atoms with van der Waals surface area (Å²) in [5.41, 5.74) is 7.01. The number of nitrogens with one attached hydrogen (secondary N) is 1. The Balaban J connectivity index is 1.69. The average Bonchev–Trinajstić information content (AvgIpc) is 3.38. The first kappa shape index (κ1) is 15.2. The van der Waals surface area contributed by atoms with E-state index in [1.807, 2.05) is 24.4 Å². The van der Waals surface area contributed by atoms with Gasteiger partial charge in [-0.3, -0.25) is 4.98 Å². The lowest BCUT2D eigenvalue weighted by atomic mass is 10.2. The van der Waals surface area contributed by atoms with E-state index in [0.29, 0.717) is 6.54 Å². The largest absolute Gasteiger partial charge is 0.379 e. The van der Waals surface area contributed by atoms with E-state index in [2.05, 4.69) is 28.7 Å². The van der Waals surface area contributed by atoms with Crippen molar-refractivity contribution in [3.63, 3.8) is 0 Å². The van der Waals surface area contributed by atoms with Crippen LogP contribution in [0.3, 0.4) is 0 Å². The van der Waals surface area contributed by atoms with Crippen LogP contribution in [0.5, 0.6) is 0 Å². The van der Waals surface area contributed by atoms with Crippen molar-refractivity contribution in [2.75, 3.05) is 5.32 Å². The van der Waals surface area contributed by atoms with Gasteiger partial charge in [-0.1, -0.05) is 12.1 Å². The number of halogens is 1. The van der Waals surface area contributed by atoms with Crippen LogP contribution < -0.4 is 5.32 Å². The fourth-order valence-electron chi connectivity index (χ4n) is 3.27. The van der Waals surface area contributed by atoms with Crippen LogP contribution in [0, 0.1) is 25.6 Å². The summed E-state index contributed by atoms with van der Waals surface area (Å²) in [4.78, 5) is 4.61. The number of benzene rings is 1. The summed E-state index contributed by atoms with van der Waals surface area (Å²) in [6.45, 7) is 6.08. The first-order chi connectivity index (χ1) is 11.6. The predicted molar refractivity (Wildman–Crippen MR) is 95.7 cm³/mol. The maximum Gasteiger partial charge on any atom is 0.123 e. The van der Waals surface area contributed by atoms with Crippen LogP contribution in [0.1, 0.15) is 29.7 Å². The Morgan fingerprint density at radius 2 is 1.92 bits per heavy atom. The lowest BCUT2D eigenvalue weighted by molar-refractivity contribution is 0.627. The first-order valence-electron chi connectivity index (χ1n) is 8.56. The molecule has 1 N–H and O–H groups in total. The molecule has 0 unspecified atom stereocenters. The fraction of sp³-hybridized carbons (Fsp3) is 0.350. The second kappa shape index (κ2) is 5.93. The highest BCUT2D eigenvalue weighted by Gasteiger charge is 2.25. The number of rotatable bonds is 5. The van der Waals surface area contributed by atoms with Crippen molar-refractivity contribution in [2.45, 2.75) is 39.8 Å². The molecule has 1 saturated carbocycles. The monoisotopic (exact) mass is 323 g/mol. The molecule has 0 atom stereocenters. The van der Waals surface area contributed by atoms with Crippen LogP contribution in [0.4, 0.5) is 10.1 Å². The van der Waals surface area contributed by atoms with E-state index in [9.17, 15) is 4.39 Å². The standard InChI is InChI=1S/C20H22FN3/c1-13-14(2)24(12-16-3-4-16)20-18(9-10-22-19(13)20)23-11-15-5-7-17(21)8-6-15/h5-10,16H,3-4,11-12H2,1-2H3,(H,22,23). The molecular formula is C20H22FN3. The summed E-state index contributed by atoms with van der Waals surface area (Å²) in [5.74, 6) is 0.610. The van der Waals surface area contributed by atoms with Crippen molar-refractivity contribution in [1.82, 2.24) is 9.55 Å². The zero-order chi connectivity index (χ0) is 16.7. The summed E-state index contributed by atoms with van der Waals surface area (Å²) in [5, 5.41) is 3.51. The van der Waals surface area contributed by atoms with E-state index >= 15 is 0 Å². The molecule has 1 fully saturated rings. The van der Waals surface area contributed by atoms with Gasteiger partial charge in [-0.25, -0.2) is 4.39 Å². The number of aryl methyl sites for hydroxylation is 1. The highest BCUT2D eigenvalue weighted by molar-refractivity contribution is 5.92. The number of hydrogen-bond acceptors (Lipinski definition) is 2. The Labute approximate surface area is 141 Å². The number of pyridine rings is 1. The summed E-state index contributed by atoms with van der Waals surface area (Å²) >= 11 is 0. The predicted octanol–water partition coefficient (Wildman–Crippen LogP) is 4.81. The summed E-state index contributed by atoms with van der Waals surface area (Å²) in [7, 11) is 0. The van der Waals surface area contributed by atoms with Crippen LogP contribution in [0.2, 0.25) is 0 Å². The van der Waals surface area contributed by atoms with Gasteiger partial charge in [0.15, 0.2) is 0 Å². The third-order valence-electron chi connectivity index (χ3n) is 5.03. The molecule has 0 aliphatic heterocycles. The molecule has 2 heterocycles. The molecule has 3 nitrogen and oxygen atoms in total. The third-order valence-corrected chi connectivity index (χ3v) is 5.03. The number of fused-ring (bicyclic) bond motifs is 1. The SMILES string of the molecule is Cc1c(C)n(CC2CC2)c2c(NCc3ccc(F)cc3)ccnc12. The molecule has 0 amide bonds. The fourth-order valence-corrected chi connectivity index (χ4v) is 3.27. The third kappa shape index (κ3) is 2.77. The number of hydrogen-bond donors (Lipinski definition) is 1.